The maximum Gasteiger partial charge on any atom is 0.303 e. The maximum atomic E-state index is 12.1. The van der Waals surface area contributed by atoms with Gasteiger partial charge in [0.15, 0.2) is 0 Å². The average Bonchev–Trinajstić information content (AvgIpc) is 3.09. The van der Waals surface area contributed by atoms with Gasteiger partial charge in [0.1, 0.15) is 6.10 Å². The van der Waals surface area contributed by atoms with Crippen LogP contribution >= 0.6 is 0 Å². The van der Waals surface area contributed by atoms with E-state index in [0.29, 0.717) is 35.0 Å². The van der Waals surface area contributed by atoms with Crippen LogP contribution in [0.1, 0.15) is 99.3 Å². The topological polar surface area (TPSA) is 46.5 Å². The number of rotatable bonds is 6. The molecule has 1 N–H and O–H groups in total. The van der Waals surface area contributed by atoms with Gasteiger partial charge in [0.2, 0.25) is 0 Å². The van der Waals surface area contributed by atoms with Crippen molar-refractivity contribution in [1.29, 1.82) is 0 Å². The lowest BCUT2D eigenvalue weighted by Crippen LogP contribution is -2.55. The zero-order valence-electron chi connectivity index (χ0n) is 22.0. The number of carbonyl (C=O) groups is 1. The lowest BCUT2D eigenvalue weighted by atomic mass is 9.46. The molecule has 0 aromatic carbocycles. The van der Waals surface area contributed by atoms with E-state index in [1.165, 1.54) is 43.3 Å². The summed E-state index contributed by atoms with van der Waals surface area (Å²) in [5, 5.41) is 10.4. The lowest BCUT2D eigenvalue weighted by Gasteiger charge is -2.59. The number of hydrogen-bond donors (Lipinski definition) is 1. The highest BCUT2D eigenvalue weighted by Gasteiger charge is 2.61. The van der Waals surface area contributed by atoms with Gasteiger partial charge in [-0.15, -0.1) is 0 Å². The van der Waals surface area contributed by atoms with E-state index in [1.807, 2.05) is 0 Å². The molecule has 3 heteroatoms. The van der Waals surface area contributed by atoms with E-state index in [1.54, 1.807) is 6.92 Å². The van der Waals surface area contributed by atoms with Crippen molar-refractivity contribution in [3.8, 4) is 0 Å². The summed E-state index contributed by atoms with van der Waals surface area (Å²) in [7, 11) is 0. The molecule has 33 heavy (non-hydrogen) atoms. The minimum Gasteiger partial charge on any atom is -0.458 e. The summed E-state index contributed by atoms with van der Waals surface area (Å²) in [6.07, 6.45) is 12.1. The third-order valence-corrected chi connectivity index (χ3v) is 10.9. The SMILES string of the molecule is C=C(CC[C@@H](C)[C@H]1CC[C@H]2[C@@H]3[C@@H](OC(C)=O)C=C4C[C@@H](O)CC[C@]4(C)[C@H]3CC[C@]12C)C(C)C. The van der Waals surface area contributed by atoms with Gasteiger partial charge in [0, 0.05) is 12.8 Å². The van der Waals surface area contributed by atoms with Crippen LogP contribution in [0.4, 0.5) is 0 Å². The van der Waals surface area contributed by atoms with Crippen molar-refractivity contribution in [2.75, 3.05) is 0 Å². The number of aliphatic hydroxyl groups excluding tert-OH is 1. The molecular weight excluding hydrogens is 408 g/mol. The standard InChI is InChI=1S/C30H48O3/c1-18(2)19(3)8-9-20(4)24-10-11-25-28-26(13-15-30(24,25)7)29(6)14-12-23(32)16-22(29)17-27(28)33-21(5)31/h17-18,20,23-28,32H,3,8-16H2,1-2,4-7H3/t20-,23+,24-,25+,26+,27+,28+,29+,30-/m1/s1. The summed E-state index contributed by atoms with van der Waals surface area (Å²) in [4.78, 5) is 12.1. The predicted octanol–water partition coefficient (Wildman–Crippen LogP) is 7.10. The first-order chi connectivity index (χ1) is 15.5. The molecule has 4 aliphatic rings. The second-order valence-corrected chi connectivity index (χ2v) is 12.9. The van der Waals surface area contributed by atoms with E-state index < -0.39 is 0 Å². The molecule has 0 aliphatic heterocycles. The van der Waals surface area contributed by atoms with Gasteiger partial charge >= 0.3 is 5.97 Å². The smallest absolute Gasteiger partial charge is 0.303 e. The van der Waals surface area contributed by atoms with Crippen LogP contribution in [-0.2, 0) is 9.53 Å². The number of carbonyl (C=O) groups excluding carboxylic acids is 1. The molecule has 0 heterocycles. The second-order valence-electron chi connectivity index (χ2n) is 12.9. The molecule has 4 aliphatic carbocycles. The number of esters is 1. The van der Waals surface area contributed by atoms with Gasteiger partial charge in [-0.2, -0.15) is 0 Å². The highest BCUT2D eigenvalue weighted by atomic mass is 16.5. The molecule has 3 nitrogen and oxygen atoms in total. The fourth-order valence-corrected chi connectivity index (χ4v) is 8.79. The average molecular weight is 457 g/mol. The first-order valence-corrected chi connectivity index (χ1v) is 13.7. The first kappa shape index (κ1) is 25.0. The largest absolute Gasteiger partial charge is 0.458 e. The molecule has 3 fully saturated rings. The molecule has 0 saturated heterocycles. The third-order valence-electron chi connectivity index (χ3n) is 10.9. The summed E-state index contributed by atoms with van der Waals surface area (Å²) >= 11 is 0. The van der Waals surface area contributed by atoms with Crippen LogP contribution in [0.2, 0.25) is 0 Å². The van der Waals surface area contributed by atoms with Gasteiger partial charge in [0.25, 0.3) is 0 Å². The molecule has 3 saturated carbocycles. The Morgan fingerprint density at radius 3 is 2.55 bits per heavy atom. The van der Waals surface area contributed by atoms with E-state index in [-0.39, 0.29) is 23.6 Å². The number of fused-ring (bicyclic) bond motifs is 5. The Kier molecular flexibility index (Phi) is 6.95. The number of aliphatic hydroxyl groups is 1. The highest BCUT2D eigenvalue weighted by Crippen LogP contribution is 2.67. The van der Waals surface area contributed by atoms with Crippen LogP contribution in [0.25, 0.3) is 0 Å². The highest BCUT2D eigenvalue weighted by molar-refractivity contribution is 5.66. The van der Waals surface area contributed by atoms with Gasteiger partial charge in [-0.3, -0.25) is 4.79 Å². The maximum absolute atomic E-state index is 12.1. The Morgan fingerprint density at radius 1 is 1.15 bits per heavy atom. The van der Waals surface area contributed by atoms with Gasteiger partial charge in [-0.25, -0.2) is 0 Å². The van der Waals surface area contributed by atoms with E-state index >= 15 is 0 Å². The summed E-state index contributed by atoms with van der Waals surface area (Å²) in [6, 6.07) is 0. The van der Waals surface area contributed by atoms with Gasteiger partial charge < -0.3 is 9.84 Å². The molecule has 0 radical (unpaired) electrons. The Labute approximate surface area is 202 Å². The van der Waals surface area contributed by atoms with Crippen molar-refractivity contribution in [3.05, 3.63) is 23.8 Å². The summed E-state index contributed by atoms with van der Waals surface area (Å²) in [5.41, 5.74) is 3.22. The van der Waals surface area contributed by atoms with Crippen molar-refractivity contribution in [2.45, 2.75) is 112 Å². The summed E-state index contributed by atoms with van der Waals surface area (Å²) in [5.74, 6) is 3.44. The number of allylic oxidation sites excluding steroid dienone is 1. The van der Waals surface area contributed by atoms with Crippen molar-refractivity contribution >= 4 is 5.97 Å². The Bertz CT molecular complexity index is 796. The van der Waals surface area contributed by atoms with Crippen molar-refractivity contribution < 1.29 is 14.6 Å². The van der Waals surface area contributed by atoms with Crippen molar-refractivity contribution in [2.24, 2.45) is 46.3 Å². The Hall–Kier alpha value is -1.09. The van der Waals surface area contributed by atoms with Crippen molar-refractivity contribution in [3.63, 3.8) is 0 Å². The first-order valence-electron chi connectivity index (χ1n) is 13.7. The van der Waals surface area contributed by atoms with Gasteiger partial charge in [-0.1, -0.05) is 52.3 Å². The van der Waals surface area contributed by atoms with Crippen LogP contribution in [0.5, 0.6) is 0 Å². The zero-order chi connectivity index (χ0) is 24.1. The molecule has 4 rings (SSSR count). The molecule has 0 aromatic heterocycles. The van der Waals surface area contributed by atoms with Crippen LogP contribution in [0.3, 0.4) is 0 Å². The monoisotopic (exact) mass is 456 g/mol. The molecule has 0 unspecified atom stereocenters. The van der Waals surface area contributed by atoms with Crippen LogP contribution in [-0.4, -0.2) is 23.3 Å². The molecule has 0 amide bonds. The predicted molar refractivity (Wildman–Crippen MR) is 135 cm³/mol. The normalized spacial score (nSPS) is 43.2. The number of hydrogen-bond acceptors (Lipinski definition) is 3. The summed E-state index contributed by atoms with van der Waals surface area (Å²) in [6.45, 7) is 17.9. The lowest BCUT2D eigenvalue weighted by molar-refractivity contribution is -0.158. The Balaban J connectivity index is 1.60. The van der Waals surface area contributed by atoms with Crippen LogP contribution in [0, 0.1) is 46.3 Å². The molecular formula is C30H48O3. The minimum atomic E-state index is -0.245. The van der Waals surface area contributed by atoms with E-state index in [9.17, 15) is 9.90 Å². The number of ether oxygens (including phenoxy) is 1. The van der Waals surface area contributed by atoms with E-state index in [4.69, 9.17) is 4.74 Å². The molecule has 0 aromatic rings. The summed E-state index contributed by atoms with van der Waals surface area (Å²) < 4.78 is 6.04. The molecule has 9 atom stereocenters. The quantitative estimate of drug-likeness (QED) is 0.342. The minimum absolute atomic E-state index is 0.125. The molecule has 0 bridgehead atoms. The fraction of sp³-hybridized carbons (Fsp3) is 0.833. The Morgan fingerprint density at radius 2 is 1.88 bits per heavy atom. The fourth-order valence-electron chi connectivity index (χ4n) is 8.79. The molecule has 186 valence electrons. The molecule has 0 spiro atoms. The second kappa shape index (κ2) is 9.17. The van der Waals surface area contributed by atoms with Gasteiger partial charge in [-0.05, 0) is 104 Å². The van der Waals surface area contributed by atoms with Crippen LogP contribution < -0.4 is 0 Å². The zero-order valence-corrected chi connectivity index (χ0v) is 22.0. The van der Waals surface area contributed by atoms with Crippen molar-refractivity contribution in [1.82, 2.24) is 0 Å². The van der Waals surface area contributed by atoms with E-state index in [0.717, 1.165) is 31.6 Å². The van der Waals surface area contributed by atoms with E-state index in [2.05, 4.69) is 47.3 Å². The third kappa shape index (κ3) is 4.37. The van der Waals surface area contributed by atoms with Crippen LogP contribution in [0.15, 0.2) is 23.8 Å². The van der Waals surface area contributed by atoms with Gasteiger partial charge in [0.05, 0.1) is 6.10 Å².